The van der Waals surface area contributed by atoms with Crippen LogP contribution in [0.4, 0.5) is 0 Å². The number of hydrogen-bond acceptors (Lipinski definition) is 0. The average molecular weight is 176 g/mol. The first kappa shape index (κ1) is 7.31. The predicted octanol–water partition coefficient (Wildman–Crippen LogP) is 3.04. The fourth-order valence-electron chi connectivity index (χ4n) is 6.78. The first-order valence-corrected chi connectivity index (χ1v) is 6.13. The van der Waals surface area contributed by atoms with Crippen molar-refractivity contribution in [1.29, 1.82) is 0 Å². The van der Waals surface area contributed by atoms with E-state index in [1.165, 1.54) is 23.7 Å². The summed E-state index contributed by atoms with van der Waals surface area (Å²) in [6, 6.07) is 0. The molecule has 4 saturated carbocycles. The fraction of sp³-hybridized carbons (Fsp3) is 1.00. The van der Waals surface area contributed by atoms with E-state index in [-0.39, 0.29) is 0 Å². The van der Waals surface area contributed by atoms with Crippen LogP contribution in [0.1, 0.15) is 27.7 Å². The Morgan fingerprint density at radius 1 is 0.923 bits per heavy atom. The normalized spacial score (nSPS) is 75.9. The zero-order valence-corrected chi connectivity index (χ0v) is 9.12. The highest BCUT2D eigenvalue weighted by Gasteiger charge is 2.91. The van der Waals surface area contributed by atoms with Crippen molar-refractivity contribution in [2.24, 2.45) is 52.8 Å². The molecule has 13 heavy (non-hydrogen) atoms. The second-order valence-corrected chi connectivity index (χ2v) is 6.59. The highest BCUT2D eigenvalue weighted by Crippen LogP contribution is 2.94. The Bertz CT molecular complexity index is 278. The molecule has 0 aliphatic heterocycles. The Hall–Kier alpha value is 0. The average Bonchev–Trinajstić information content (AvgIpc) is 2.05. The highest BCUT2D eigenvalue weighted by molar-refractivity contribution is 5.37. The van der Waals surface area contributed by atoms with Crippen LogP contribution in [0.25, 0.3) is 0 Å². The monoisotopic (exact) mass is 176 g/mol. The van der Waals surface area contributed by atoms with Crippen LogP contribution < -0.4 is 0 Å². The maximum atomic E-state index is 2.54. The molecule has 4 aliphatic carbocycles. The summed E-state index contributed by atoms with van der Waals surface area (Å²) in [6.07, 6.45) is 0. The smallest absolute Gasteiger partial charge is 0.0178 e. The van der Waals surface area contributed by atoms with E-state index in [9.17, 15) is 0 Å². The lowest BCUT2D eigenvalue weighted by atomic mass is 9.08. The lowest BCUT2D eigenvalue weighted by Crippen LogP contribution is -2.93. The molecule has 0 spiro atoms. The lowest BCUT2D eigenvalue weighted by molar-refractivity contribution is -0.497. The number of hydrogen-bond donors (Lipinski definition) is 0. The van der Waals surface area contributed by atoms with Crippen LogP contribution >= 0.6 is 0 Å². The van der Waals surface area contributed by atoms with Gasteiger partial charge >= 0.3 is 0 Å². The second-order valence-electron chi connectivity index (χ2n) is 6.59. The van der Waals surface area contributed by atoms with Crippen molar-refractivity contribution in [3.05, 3.63) is 0 Å². The van der Waals surface area contributed by atoms with Crippen molar-refractivity contribution in [3.8, 4) is 0 Å². The molecule has 0 N–H and O–H groups in total. The van der Waals surface area contributed by atoms with Crippen LogP contribution in [0.15, 0.2) is 0 Å². The van der Waals surface area contributed by atoms with Gasteiger partial charge in [-0.25, -0.2) is 0 Å². The second kappa shape index (κ2) is 1.61. The molecule has 0 aromatic carbocycles. The van der Waals surface area contributed by atoms with Gasteiger partial charge in [0.25, 0.3) is 0 Å². The van der Waals surface area contributed by atoms with Gasteiger partial charge in [-0.1, -0.05) is 27.7 Å². The molecule has 0 amide bonds. The van der Waals surface area contributed by atoms with Gasteiger partial charge in [0, 0.05) is 0 Å². The molecule has 0 aromatic rings. The molecule has 0 radical (unpaired) electrons. The van der Waals surface area contributed by atoms with Crippen molar-refractivity contribution < 1.29 is 0 Å². The Kier molecular flexibility index (Phi) is 0.907. The van der Waals surface area contributed by atoms with E-state index in [0.717, 1.165) is 29.1 Å². The number of fused-ring (bicyclic) bond motifs is 2. The topological polar surface area (TPSA) is 0 Å². The summed E-state index contributed by atoms with van der Waals surface area (Å²) in [5, 5.41) is 0. The summed E-state index contributed by atoms with van der Waals surface area (Å²) in [6.45, 7) is 10.0. The van der Waals surface area contributed by atoms with Gasteiger partial charge in [-0.3, -0.25) is 0 Å². The van der Waals surface area contributed by atoms with E-state index >= 15 is 0 Å². The standard InChI is InChI=1S/C13H20/c1-5(2)13-7(4)9-8-6(3)11(13)10(8)12(9)13/h5-12H,1-4H3. The van der Waals surface area contributed by atoms with Crippen molar-refractivity contribution in [3.63, 3.8) is 0 Å². The van der Waals surface area contributed by atoms with E-state index < -0.39 is 0 Å². The van der Waals surface area contributed by atoms with Crippen LogP contribution in [0.5, 0.6) is 0 Å². The summed E-state index contributed by atoms with van der Waals surface area (Å²) in [4.78, 5) is 0. The largest absolute Gasteiger partial charge is 0.0622 e. The van der Waals surface area contributed by atoms with Gasteiger partial charge in [0.15, 0.2) is 0 Å². The molecule has 0 heterocycles. The first-order chi connectivity index (χ1) is 6.13. The minimum Gasteiger partial charge on any atom is -0.0622 e. The summed E-state index contributed by atoms with van der Waals surface area (Å²) >= 11 is 0. The third kappa shape index (κ3) is 0.383. The molecule has 4 fully saturated rings. The van der Waals surface area contributed by atoms with Gasteiger partial charge in [0.05, 0.1) is 0 Å². The van der Waals surface area contributed by atoms with Gasteiger partial charge in [0.2, 0.25) is 0 Å². The molecule has 0 bridgehead atoms. The third-order valence-electron chi connectivity index (χ3n) is 6.83. The lowest BCUT2D eigenvalue weighted by Gasteiger charge is -2.96. The summed E-state index contributed by atoms with van der Waals surface area (Å²) < 4.78 is 0. The molecule has 0 nitrogen and oxygen atoms in total. The Morgan fingerprint density at radius 3 is 2.00 bits per heavy atom. The van der Waals surface area contributed by atoms with Crippen LogP contribution in [-0.4, -0.2) is 0 Å². The highest BCUT2D eigenvalue weighted by atomic mass is 15.0. The van der Waals surface area contributed by atoms with E-state index in [1.807, 2.05) is 0 Å². The molecule has 0 saturated heterocycles. The maximum absolute atomic E-state index is 2.54. The SMILES string of the molecule is CC1C2C3C(C)C4(C(C)C)C1C2C34. The molecule has 4 rings (SSSR count). The van der Waals surface area contributed by atoms with E-state index in [4.69, 9.17) is 0 Å². The van der Waals surface area contributed by atoms with Gasteiger partial charge in [-0.05, 0) is 52.8 Å². The summed E-state index contributed by atoms with van der Waals surface area (Å²) in [5.74, 6) is 9.06. The van der Waals surface area contributed by atoms with Gasteiger partial charge in [0.1, 0.15) is 0 Å². The molecule has 8 unspecified atom stereocenters. The molecule has 0 aromatic heterocycles. The zero-order chi connectivity index (χ0) is 9.12. The molecule has 4 aliphatic rings. The van der Waals surface area contributed by atoms with Gasteiger partial charge in [-0.2, -0.15) is 0 Å². The van der Waals surface area contributed by atoms with Crippen LogP contribution in [-0.2, 0) is 0 Å². The number of rotatable bonds is 1. The predicted molar refractivity (Wildman–Crippen MR) is 53.0 cm³/mol. The Labute approximate surface area is 81.1 Å². The van der Waals surface area contributed by atoms with E-state index in [0.29, 0.717) is 0 Å². The molecular weight excluding hydrogens is 156 g/mol. The van der Waals surface area contributed by atoms with Crippen molar-refractivity contribution in [2.75, 3.05) is 0 Å². The quantitative estimate of drug-likeness (QED) is 0.576. The summed E-state index contributed by atoms with van der Waals surface area (Å²) in [5.41, 5.74) is 0.837. The zero-order valence-electron chi connectivity index (χ0n) is 9.12. The Balaban J connectivity index is 1.80. The van der Waals surface area contributed by atoms with Crippen LogP contribution in [0.2, 0.25) is 0 Å². The molecule has 72 valence electrons. The van der Waals surface area contributed by atoms with Crippen molar-refractivity contribution >= 4 is 0 Å². The van der Waals surface area contributed by atoms with E-state index in [1.54, 1.807) is 0 Å². The van der Waals surface area contributed by atoms with Crippen LogP contribution in [0, 0.1) is 52.8 Å². The molecule has 0 heteroatoms. The maximum Gasteiger partial charge on any atom is -0.0178 e. The van der Waals surface area contributed by atoms with Crippen molar-refractivity contribution in [2.45, 2.75) is 27.7 Å². The van der Waals surface area contributed by atoms with E-state index in [2.05, 4.69) is 27.7 Å². The fourth-order valence-corrected chi connectivity index (χ4v) is 6.78. The van der Waals surface area contributed by atoms with Gasteiger partial charge in [-0.15, -0.1) is 0 Å². The molecule has 8 atom stereocenters. The minimum atomic E-state index is 0.837. The van der Waals surface area contributed by atoms with Crippen LogP contribution in [0.3, 0.4) is 0 Å². The summed E-state index contributed by atoms with van der Waals surface area (Å²) in [7, 11) is 0. The first-order valence-electron chi connectivity index (χ1n) is 6.13. The van der Waals surface area contributed by atoms with Crippen molar-refractivity contribution in [1.82, 2.24) is 0 Å². The Morgan fingerprint density at radius 2 is 1.62 bits per heavy atom. The molecular formula is C13H20. The third-order valence-corrected chi connectivity index (χ3v) is 6.83. The minimum absolute atomic E-state index is 0.837. The van der Waals surface area contributed by atoms with Gasteiger partial charge < -0.3 is 0 Å².